The summed E-state index contributed by atoms with van der Waals surface area (Å²) in [6.45, 7) is 2.66. The van der Waals surface area contributed by atoms with Gasteiger partial charge in [0, 0.05) is 29.1 Å². The molecule has 2 unspecified atom stereocenters. The minimum absolute atomic E-state index is 0.0441. The van der Waals surface area contributed by atoms with Gasteiger partial charge >= 0.3 is 10.4 Å². The predicted octanol–water partition coefficient (Wildman–Crippen LogP) is 5.06. The lowest BCUT2D eigenvalue weighted by molar-refractivity contribution is 0.311. The lowest BCUT2D eigenvalue weighted by Crippen LogP contribution is -2.29. The Balaban J connectivity index is 1.12. The highest BCUT2D eigenvalue weighted by Crippen LogP contribution is 2.44. The van der Waals surface area contributed by atoms with Crippen LogP contribution in [0, 0.1) is 0 Å². The minimum Gasteiger partial charge on any atom is -0.494 e. The number of hydrogen-bond donors (Lipinski definition) is 1. The second-order valence-electron chi connectivity index (χ2n) is 10.4. The van der Waals surface area contributed by atoms with Crippen molar-refractivity contribution in [2.24, 2.45) is 0 Å². The normalized spacial score (nSPS) is 18.9. The second kappa shape index (κ2) is 11.4. The van der Waals surface area contributed by atoms with E-state index in [4.69, 9.17) is 17.9 Å². The van der Waals surface area contributed by atoms with Gasteiger partial charge in [-0.05, 0) is 74.2 Å². The molecule has 2 atom stereocenters. The van der Waals surface area contributed by atoms with Crippen LogP contribution >= 0.6 is 0 Å². The van der Waals surface area contributed by atoms with E-state index in [1.165, 1.54) is 10.3 Å². The molecular weight excluding hydrogens is 544 g/mol. The fourth-order valence-corrected chi connectivity index (χ4v) is 6.31. The van der Waals surface area contributed by atoms with Crippen LogP contribution in [-0.2, 0) is 16.8 Å². The van der Waals surface area contributed by atoms with Crippen molar-refractivity contribution in [1.82, 2.24) is 19.8 Å². The van der Waals surface area contributed by atoms with Crippen molar-refractivity contribution in [2.75, 3.05) is 13.7 Å². The van der Waals surface area contributed by atoms with Gasteiger partial charge in [0.2, 0.25) is 0 Å². The first-order valence-electron chi connectivity index (χ1n) is 14.0. The number of benzene rings is 2. The van der Waals surface area contributed by atoms with E-state index in [0.717, 1.165) is 66.7 Å². The summed E-state index contributed by atoms with van der Waals surface area (Å²) in [5.41, 5.74) is 3.54. The zero-order chi connectivity index (χ0) is 28.4. The van der Waals surface area contributed by atoms with Crippen LogP contribution in [0.3, 0.4) is 0 Å². The number of methoxy groups -OCH3 is 1. The van der Waals surface area contributed by atoms with Crippen molar-refractivity contribution in [2.45, 2.75) is 57.4 Å². The fraction of sp³-hybridized carbons (Fsp3) is 0.367. The molecule has 2 aromatic heterocycles. The van der Waals surface area contributed by atoms with Crippen LogP contribution in [0.15, 0.2) is 67.1 Å². The van der Waals surface area contributed by atoms with Crippen LogP contribution in [0.4, 0.5) is 0 Å². The van der Waals surface area contributed by atoms with Gasteiger partial charge in [0.15, 0.2) is 0 Å². The summed E-state index contributed by atoms with van der Waals surface area (Å²) in [6, 6.07) is 13.7. The number of aromatic nitrogens is 3. The molecule has 2 aliphatic rings. The number of hydrogen-bond acceptors (Lipinski definition) is 8. The first-order chi connectivity index (χ1) is 20.0. The monoisotopic (exact) mass is 578 g/mol. The minimum atomic E-state index is -4.14. The van der Waals surface area contributed by atoms with E-state index in [1.54, 1.807) is 7.11 Å². The molecule has 0 fully saturated rings. The number of unbranched alkanes of at least 4 members (excludes halogenated alkanes) is 1. The largest absolute Gasteiger partial charge is 0.522 e. The zero-order valence-corrected chi connectivity index (χ0v) is 24.0. The maximum atomic E-state index is 12.2. The summed E-state index contributed by atoms with van der Waals surface area (Å²) in [7, 11) is -2.48. The Kier molecular flexibility index (Phi) is 7.53. The molecule has 4 heterocycles. The molecule has 4 aromatic rings. The first-order valence-corrected chi connectivity index (χ1v) is 15.3. The molecule has 0 aliphatic carbocycles. The molecule has 11 heteroatoms. The number of allylic oxidation sites excluding steroid dienone is 1. The van der Waals surface area contributed by atoms with Crippen molar-refractivity contribution < 1.29 is 26.4 Å². The predicted molar refractivity (Wildman–Crippen MR) is 155 cm³/mol. The van der Waals surface area contributed by atoms with E-state index >= 15 is 0 Å². The fourth-order valence-electron chi connectivity index (χ4n) is 5.60. The number of rotatable bonds is 11. The molecular formula is C30H34N4O6S. The summed E-state index contributed by atoms with van der Waals surface area (Å²) in [4.78, 5) is 0. The number of ether oxygens (including phenoxy) is 2. The van der Waals surface area contributed by atoms with Gasteiger partial charge in [-0.15, -0.1) is 13.1 Å². The van der Waals surface area contributed by atoms with Crippen LogP contribution in [0.25, 0.3) is 16.6 Å². The maximum Gasteiger partial charge on any atom is 0.522 e. The summed E-state index contributed by atoms with van der Waals surface area (Å²) >= 11 is 0. The van der Waals surface area contributed by atoms with Gasteiger partial charge in [-0.3, -0.25) is 4.28 Å². The Bertz CT molecular complexity index is 1680. The molecule has 0 spiro atoms. The first kappa shape index (κ1) is 27.1. The topological polar surface area (TPSA) is 106 Å². The Morgan fingerprint density at radius 1 is 1.17 bits per heavy atom. The molecule has 10 nitrogen and oxygen atoms in total. The molecule has 0 saturated carbocycles. The van der Waals surface area contributed by atoms with Crippen LogP contribution in [0.5, 0.6) is 17.4 Å². The molecule has 0 saturated heterocycles. The molecule has 6 rings (SSSR count). The summed E-state index contributed by atoms with van der Waals surface area (Å²) in [5, 5.41) is 8.88. The zero-order valence-electron chi connectivity index (χ0n) is 23.2. The van der Waals surface area contributed by atoms with E-state index < -0.39 is 10.4 Å². The van der Waals surface area contributed by atoms with Gasteiger partial charge < -0.3 is 19.0 Å². The smallest absolute Gasteiger partial charge is 0.494 e. The maximum absolute atomic E-state index is 12.2. The molecule has 1 N–H and O–H groups in total. The highest BCUT2D eigenvalue weighted by atomic mass is 32.3. The van der Waals surface area contributed by atoms with E-state index in [2.05, 4.69) is 29.6 Å². The van der Waals surface area contributed by atoms with Crippen molar-refractivity contribution >= 4 is 21.3 Å². The van der Waals surface area contributed by atoms with Crippen molar-refractivity contribution in [1.29, 1.82) is 0 Å². The number of fused-ring (bicyclic) bond motifs is 3. The van der Waals surface area contributed by atoms with Gasteiger partial charge in [-0.1, -0.05) is 31.6 Å². The Morgan fingerprint density at radius 2 is 2.05 bits per heavy atom. The van der Waals surface area contributed by atoms with Gasteiger partial charge in [0.1, 0.15) is 17.2 Å². The number of aryl methyl sites for hydroxylation is 1. The van der Waals surface area contributed by atoms with E-state index in [-0.39, 0.29) is 17.8 Å². The Labute approximate surface area is 239 Å². The lowest BCUT2D eigenvalue weighted by Gasteiger charge is -2.26. The van der Waals surface area contributed by atoms with Crippen LogP contribution in [-0.4, -0.2) is 42.7 Å². The number of para-hydroxylation sites is 2. The SMILES string of the molecule is CCCOc1ccc2c(c1)c(C1C=CNC(CCCCc3cnn(-c4ccccc4OC)c3)C1)c1n2OS(=O)(=O)O1. The van der Waals surface area contributed by atoms with Crippen molar-refractivity contribution in [3.8, 4) is 23.1 Å². The lowest BCUT2D eigenvalue weighted by atomic mass is 9.87. The van der Waals surface area contributed by atoms with Gasteiger partial charge in [-0.2, -0.15) is 5.10 Å². The highest BCUT2D eigenvalue weighted by Gasteiger charge is 2.38. The molecule has 216 valence electrons. The Hall–Kier alpha value is -4.12. The number of nitrogens with zero attached hydrogens (tertiary/aromatic N) is 3. The highest BCUT2D eigenvalue weighted by molar-refractivity contribution is 7.82. The van der Waals surface area contributed by atoms with E-state index in [0.29, 0.717) is 12.1 Å². The second-order valence-corrected chi connectivity index (χ2v) is 11.5. The van der Waals surface area contributed by atoms with Gasteiger partial charge in [-0.25, -0.2) is 4.68 Å². The van der Waals surface area contributed by atoms with Crippen LogP contribution < -0.4 is 23.3 Å². The molecule has 0 radical (unpaired) electrons. The molecule has 2 aliphatic heterocycles. The average molecular weight is 579 g/mol. The molecule has 0 bridgehead atoms. The van der Waals surface area contributed by atoms with Crippen LogP contribution in [0.2, 0.25) is 0 Å². The number of nitrogens with one attached hydrogen (secondary N) is 1. The van der Waals surface area contributed by atoms with E-state index in [1.807, 2.05) is 59.5 Å². The summed E-state index contributed by atoms with van der Waals surface area (Å²) in [6.07, 6.45) is 13.7. The van der Waals surface area contributed by atoms with Crippen LogP contribution in [0.1, 0.15) is 56.1 Å². The van der Waals surface area contributed by atoms with Gasteiger partial charge in [0.05, 0.1) is 25.4 Å². The summed E-state index contributed by atoms with van der Waals surface area (Å²) in [5.74, 6) is 1.69. The third kappa shape index (κ3) is 5.58. The third-order valence-electron chi connectivity index (χ3n) is 7.52. The molecule has 2 aromatic carbocycles. The van der Waals surface area contributed by atoms with Crippen molar-refractivity contribution in [3.05, 3.63) is 78.3 Å². The standard InChI is InChI=1S/C30H34N4O6S/c1-3-16-38-24-12-13-26-25(18-24)29(30-34(26)40-41(35,36)39-30)22-14-15-31-23(17-22)9-5-4-8-21-19-32-33(20-21)27-10-6-7-11-28(27)37-2/h6-7,10-15,18-20,22-23,31H,3-5,8-9,16-17H2,1-2H3. The third-order valence-corrected chi connectivity index (χ3v) is 8.21. The summed E-state index contributed by atoms with van der Waals surface area (Å²) < 4.78 is 49.3. The average Bonchev–Trinajstić information content (AvgIpc) is 3.65. The molecule has 41 heavy (non-hydrogen) atoms. The Morgan fingerprint density at radius 3 is 2.90 bits per heavy atom. The van der Waals surface area contributed by atoms with Gasteiger partial charge in [0.25, 0.3) is 5.88 Å². The van der Waals surface area contributed by atoms with E-state index in [9.17, 15) is 8.42 Å². The van der Waals surface area contributed by atoms with Crippen molar-refractivity contribution in [3.63, 3.8) is 0 Å². The molecule has 0 amide bonds. The quantitative estimate of drug-likeness (QED) is 0.246.